The third-order valence-electron chi connectivity index (χ3n) is 4.43. The van der Waals surface area contributed by atoms with E-state index < -0.39 is 10.0 Å². The highest BCUT2D eigenvalue weighted by Crippen LogP contribution is 2.26. The zero-order valence-electron chi connectivity index (χ0n) is 12.5. The average molecular weight is 309 g/mol. The van der Waals surface area contributed by atoms with Crippen LogP contribution in [0, 0.1) is 0 Å². The van der Waals surface area contributed by atoms with E-state index in [0.29, 0.717) is 11.4 Å². The van der Waals surface area contributed by atoms with Crippen LogP contribution in [0.25, 0.3) is 0 Å². The molecular weight excluding hydrogens is 286 g/mol. The van der Waals surface area contributed by atoms with Crippen LogP contribution in [0.4, 0.5) is 5.69 Å². The van der Waals surface area contributed by atoms with Crippen molar-refractivity contribution in [1.29, 1.82) is 0 Å². The van der Waals surface area contributed by atoms with Gasteiger partial charge in [-0.05, 0) is 50.0 Å². The number of anilines is 1. The molecule has 5 nitrogen and oxygen atoms in total. The Labute approximate surface area is 127 Å². The van der Waals surface area contributed by atoms with Gasteiger partial charge < -0.3 is 10.2 Å². The third kappa shape index (κ3) is 3.07. The van der Waals surface area contributed by atoms with E-state index in [1.54, 1.807) is 19.2 Å². The number of likely N-dealkylation sites (N-methyl/N-ethyl adjacent to an activating group) is 1. The topological polar surface area (TPSA) is 52.7 Å². The fourth-order valence-electron chi connectivity index (χ4n) is 3.02. The van der Waals surface area contributed by atoms with Gasteiger partial charge in [-0.2, -0.15) is 4.31 Å². The van der Waals surface area contributed by atoms with Crippen LogP contribution in [0.1, 0.15) is 18.4 Å². The lowest BCUT2D eigenvalue weighted by Gasteiger charge is -2.21. The van der Waals surface area contributed by atoms with E-state index in [9.17, 15) is 8.42 Å². The summed E-state index contributed by atoms with van der Waals surface area (Å²) < 4.78 is 26.7. The first-order valence-electron chi connectivity index (χ1n) is 7.63. The van der Waals surface area contributed by atoms with Crippen molar-refractivity contribution in [3.63, 3.8) is 0 Å². The van der Waals surface area contributed by atoms with Crippen molar-refractivity contribution < 1.29 is 8.42 Å². The number of hydrogen-bond donors (Lipinski definition) is 1. The molecule has 2 aliphatic heterocycles. The fourth-order valence-corrected chi connectivity index (χ4v) is 4.21. The number of sulfonamides is 1. The SMILES string of the molecule is CN(CCN1CCCC1)S(=O)(=O)c1ccc2c(c1)NCC2. The van der Waals surface area contributed by atoms with Crippen molar-refractivity contribution in [2.45, 2.75) is 24.2 Å². The number of nitrogens with one attached hydrogen (secondary N) is 1. The number of nitrogens with zero attached hydrogens (tertiary/aromatic N) is 2. The van der Waals surface area contributed by atoms with Gasteiger partial charge in [0, 0.05) is 32.4 Å². The number of hydrogen-bond acceptors (Lipinski definition) is 4. The minimum absolute atomic E-state index is 0.388. The molecule has 3 rings (SSSR count). The minimum atomic E-state index is -3.39. The molecule has 0 saturated carbocycles. The maximum atomic E-state index is 12.6. The first-order valence-corrected chi connectivity index (χ1v) is 9.07. The molecular formula is C15H23N3O2S. The van der Waals surface area contributed by atoms with Crippen LogP contribution >= 0.6 is 0 Å². The summed E-state index contributed by atoms with van der Waals surface area (Å²) >= 11 is 0. The maximum absolute atomic E-state index is 12.6. The van der Waals surface area contributed by atoms with Crippen LogP contribution in [-0.2, 0) is 16.4 Å². The lowest BCUT2D eigenvalue weighted by atomic mass is 10.2. The van der Waals surface area contributed by atoms with Gasteiger partial charge in [-0.15, -0.1) is 0 Å². The van der Waals surface area contributed by atoms with Crippen LogP contribution in [0.5, 0.6) is 0 Å². The molecule has 2 aliphatic rings. The van der Waals surface area contributed by atoms with Gasteiger partial charge in [0.2, 0.25) is 10.0 Å². The highest BCUT2D eigenvalue weighted by atomic mass is 32.2. The number of benzene rings is 1. The summed E-state index contributed by atoms with van der Waals surface area (Å²) in [6.45, 7) is 4.45. The second-order valence-corrected chi connectivity index (χ2v) is 7.92. The summed E-state index contributed by atoms with van der Waals surface area (Å²) in [5.74, 6) is 0. The van der Waals surface area contributed by atoms with E-state index in [1.807, 2.05) is 6.07 Å². The Bertz CT molecular complexity index is 609. The Kier molecular flexibility index (Phi) is 4.19. The molecule has 1 N–H and O–H groups in total. The summed E-state index contributed by atoms with van der Waals surface area (Å²) in [5.41, 5.74) is 2.16. The molecule has 21 heavy (non-hydrogen) atoms. The summed E-state index contributed by atoms with van der Waals surface area (Å²) in [4.78, 5) is 2.72. The summed E-state index contributed by atoms with van der Waals surface area (Å²) in [7, 11) is -1.71. The largest absolute Gasteiger partial charge is 0.384 e. The van der Waals surface area contributed by atoms with Crippen molar-refractivity contribution in [1.82, 2.24) is 9.21 Å². The molecule has 0 amide bonds. The lowest BCUT2D eigenvalue weighted by molar-refractivity contribution is 0.310. The van der Waals surface area contributed by atoms with Crippen LogP contribution in [0.3, 0.4) is 0 Å². The average Bonchev–Trinajstić information content (AvgIpc) is 3.14. The molecule has 1 aromatic rings. The molecule has 0 unspecified atom stereocenters. The molecule has 1 saturated heterocycles. The van der Waals surface area contributed by atoms with Crippen molar-refractivity contribution in [2.24, 2.45) is 0 Å². The molecule has 2 heterocycles. The van der Waals surface area contributed by atoms with Crippen molar-refractivity contribution in [3.8, 4) is 0 Å². The molecule has 0 spiro atoms. The molecule has 1 aromatic carbocycles. The van der Waals surface area contributed by atoms with Gasteiger partial charge in [0.15, 0.2) is 0 Å². The van der Waals surface area contributed by atoms with Gasteiger partial charge in [0.25, 0.3) is 0 Å². The van der Waals surface area contributed by atoms with Gasteiger partial charge in [0.05, 0.1) is 4.90 Å². The van der Waals surface area contributed by atoms with Crippen LogP contribution in [0.15, 0.2) is 23.1 Å². The number of fused-ring (bicyclic) bond motifs is 1. The summed E-state index contributed by atoms with van der Waals surface area (Å²) in [5, 5.41) is 3.24. The summed E-state index contributed by atoms with van der Waals surface area (Å²) in [6, 6.07) is 5.42. The first-order chi connectivity index (χ1) is 10.1. The first kappa shape index (κ1) is 14.8. The van der Waals surface area contributed by atoms with Crippen molar-refractivity contribution in [2.75, 3.05) is 45.1 Å². The molecule has 0 aliphatic carbocycles. The van der Waals surface area contributed by atoms with Crippen LogP contribution in [-0.4, -0.2) is 57.4 Å². The van der Waals surface area contributed by atoms with Gasteiger partial charge >= 0.3 is 0 Å². The second kappa shape index (κ2) is 5.94. The highest BCUT2D eigenvalue weighted by molar-refractivity contribution is 7.89. The van der Waals surface area contributed by atoms with Crippen molar-refractivity contribution in [3.05, 3.63) is 23.8 Å². The molecule has 0 bridgehead atoms. The van der Waals surface area contributed by atoms with E-state index in [1.165, 1.54) is 22.7 Å². The Morgan fingerprint density at radius 2 is 2.05 bits per heavy atom. The predicted molar refractivity (Wildman–Crippen MR) is 84.1 cm³/mol. The molecule has 6 heteroatoms. The third-order valence-corrected chi connectivity index (χ3v) is 6.28. The van der Waals surface area contributed by atoms with E-state index in [4.69, 9.17) is 0 Å². The number of rotatable bonds is 5. The zero-order chi connectivity index (χ0) is 14.9. The molecule has 116 valence electrons. The Hall–Kier alpha value is -1.11. The normalized spacial score (nSPS) is 19.0. The summed E-state index contributed by atoms with van der Waals surface area (Å²) in [6.07, 6.45) is 3.43. The van der Waals surface area contributed by atoms with Gasteiger partial charge in [-0.1, -0.05) is 6.07 Å². The predicted octanol–water partition coefficient (Wildman–Crippen LogP) is 1.37. The molecule has 0 atom stereocenters. The van der Waals surface area contributed by atoms with Crippen LogP contribution in [0.2, 0.25) is 0 Å². The molecule has 0 radical (unpaired) electrons. The molecule has 1 fully saturated rings. The Morgan fingerprint density at radius 3 is 2.81 bits per heavy atom. The van der Waals surface area contributed by atoms with E-state index in [0.717, 1.165) is 38.3 Å². The fraction of sp³-hybridized carbons (Fsp3) is 0.600. The van der Waals surface area contributed by atoms with E-state index in [2.05, 4.69) is 10.2 Å². The molecule has 0 aromatic heterocycles. The quantitative estimate of drug-likeness (QED) is 0.892. The monoisotopic (exact) mass is 309 g/mol. The van der Waals surface area contributed by atoms with Gasteiger partial charge in [0.1, 0.15) is 0 Å². The van der Waals surface area contributed by atoms with Crippen LogP contribution < -0.4 is 5.32 Å². The zero-order valence-corrected chi connectivity index (χ0v) is 13.3. The van der Waals surface area contributed by atoms with E-state index >= 15 is 0 Å². The Balaban J connectivity index is 1.70. The standard InChI is InChI=1S/C15H23N3O2S/c1-17(10-11-18-8-2-3-9-18)21(19,20)14-5-4-13-6-7-16-15(13)12-14/h4-5,12,16H,2-3,6-11H2,1H3. The smallest absolute Gasteiger partial charge is 0.242 e. The Morgan fingerprint density at radius 1 is 1.29 bits per heavy atom. The minimum Gasteiger partial charge on any atom is -0.384 e. The number of likely N-dealkylation sites (tertiary alicyclic amines) is 1. The lowest BCUT2D eigenvalue weighted by Crippen LogP contribution is -2.35. The van der Waals surface area contributed by atoms with Crippen molar-refractivity contribution >= 4 is 15.7 Å². The highest BCUT2D eigenvalue weighted by Gasteiger charge is 2.23. The second-order valence-electron chi connectivity index (χ2n) is 5.87. The van der Waals surface area contributed by atoms with Gasteiger partial charge in [-0.3, -0.25) is 0 Å². The van der Waals surface area contributed by atoms with Gasteiger partial charge in [-0.25, -0.2) is 8.42 Å². The van der Waals surface area contributed by atoms with E-state index in [-0.39, 0.29) is 0 Å². The maximum Gasteiger partial charge on any atom is 0.242 e.